The fraction of sp³-hybridized carbons (Fsp3) is 0. The summed E-state index contributed by atoms with van der Waals surface area (Å²) in [6.45, 7) is 0. The fourth-order valence-electron chi connectivity index (χ4n) is 0.484. The highest BCUT2D eigenvalue weighted by atomic mass is 19.2. The zero-order chi connectivity index (χ0) is 6.69. The highest BCUT2D eigenvalue weighted by Gasteiger charge is 1.80. The van der Waals surface area contributed by atoms with Gasteiger partial charge >= 0.3 is 0 Å². The van der Waals surface area contributed by atoms with Gasteiger partial charge in [0.25, 0.3) is 0 Å². The monoisotopic (exact) mass is 113 g/mol. The van der Waals surface area contributed by atoms with Gasteiger partial charge in [0.1, 0.15) is 0 Å². The van der Waals surface area contributed by atoms with Crippen LogP contribution in [0.25, 0.3) is 0 Å². The minimum atomic E-state index is -0.167. The summed E-state index contributed by atoms with van der Waals surface area (Å²) in [5, 5.41) is 0. The lowest BCUT2D eigenvalue weighted by atomic mass is 10.3. The van der Waals surface area contributed by atoms with Crippen molar-refractivity contribution in [1.82, 2.24) is 0 Å². The molecule has 1 rings (SSSR count). The molecule has 1 aromatic rings. The number of halogens is 1. The van der Waals surface area contributed by atoms with Crippen molar-refractivity contribution in [2.75, 3.05) is 5.53 Å². The Hall–Kier alpha value is -1.05. The summed E-state index contributed by atoms with van der Waals surface area (Å²) < 4.78 is 18.4. The second-order valence-electron chi connectivity index (χ2n) is 1.42. The van der Waals surface area contributed by atoms with E-state index in [2.05, 4.69) is 0 Å². The van der Waals surface area contributed by atoms with E-state index in [9.17, 15) is 4.48 Å². The summed E-state index contributed by atoms with van der Waals surface area (Å²) in [6.07, 6.45) is 0. The van der Waals surface area contributed by atoms with Crippen molar-refractivity contribution in [3.63, 3.8) is 0 Å². The molecule has 0 aliphatic heterocycles. The Morgan fingerprint density at radius 1 is 1.38 bits per heavy atom. The lowest BCUT2D eigenvalue weighted by Gasteiger charge is -1.89. The first-order valence-corrected chi connectivity index (χ1v) is 2.30. The third-order valence-corrected chi connectivity index (χ3v) is 0.854. The average molecular weight is 113 g/mol. The van der Waals surface area contributed by atoms with Crippen molar-refractivity contribution in [2.45, 2.75) is 0 Å². The van der Waals surface area contributed by atoms with E-state index in [0.29, 0.717) is 0 Å². The number of para-hydroxylation sites is 1. The molecule has 0 saturated heterocycles. The van der Waals surface area contributed by atoms with Crippen LogP contribution < -0.4 is 5.53 Å². The standard InChI is InChI=1S/C6H6FN/c7-8-6-4-2-1-3-5-6/h1-5,8H/i/hT. The molecule has 2 heteroatoms. The average Bonchev–Trinajstić information content (AvgIpc) is 1.90. The van der Waals surface area contributed by atoms with E-state index < -0.39 is 0 Å². The van der Waals surface area contributed by atoms with Crippen molar-refractivity contribution < 1.29 is 5.89 Å². The topological polar surface area (TPSA) is 12.0 Å². The molecule has 0 radical (unpaired) electrons. The first-order valence-electron chi connectivity index (χ1n) is 2.75. The first-order chi connectivity index (χ1) is 4.30. The maximum Gasteiger partial charge on any atom is 0.201 e. The van der Waals surface area contributed by atoms with Crippen LogP contribution in [-0.2, 0) is 0 Å². The molecular weight excluding hydrogens is 105 g/mol. The summed E-state index contributed by atoms with van der Waals surface area (Å²) in [7, 11) is 0. The third kappa shape index (κ3) is 0.964. The van der Waals surface area contributed by atoms with Gasteiger partial charge in [0, 0.05) is 0 Å². The molecule has 42 valence electrons. The van der Waals surface area contributed by atoms with Gasteiger partial charge in [0.2, 0.25) is 1.41 Å². The summed E-state index contributed by atoms with van der Waals surface area (Å²) in [5.41, 5.74) is 0.0810. The zero-order valence-electron chi connectivity index (χ0n) is 5.21. The van der Waals surface area contributed by atoms with E-state index in [1.807, 2.05) is 0 Å². The molecule has 0 bridgehead atoms. The number of nitrogens with one attached hydrogen (secondary N) is 1. The Balaban J connectivity index is 2.85. The number of hydrogen-bond acceptors (Lipinski definition) is 1. The van der Waals surface area contributed by atoms with Crippen LogP contribution >= 0.6 is 0 Å². The smallest absolute Gasteiger partial charge is 0.201 e. The predicted octanol–water partition coefficient (Wildman–Crippen LogP) is 1.98. The van der Waals surface area contributed by atoms with Crippen molar-refractivity contribution >= 4 is 5.69 Å². The van der Waals surface area contributed by atoms with Gasteiger partial charge in [-0.25, -0.2) is 5.53 Å². The highest BCUT2D eigenvalue weighted by molar-refractivity contribution is 5.39. The van der Waals surface area contributed by atoms with Gasteiger partial charge in [-0.3, -0.25) is 0 Å². The molecule has 1 aromatic carbocycles. The molecule has 0 aliphatic carbocycles. The quantitative estimate of drug-likeness (QED) is 0.549. The summed E-state index contributed by atoms with van der Waals surface area (Å²) in [4.78, 5) is 0. The summed E-state index contributed by atoms with van der Waals surface area (Å²) >= 11 is 0. The molecule has 0 aromatic heterocycles. The van der Waals surface area contributed by atoms with Gasteiger partial charge in [0.05, 0.1) is 5.69 Å². The molecule has 0 heterocycles. The minimum absolute atomic E-state index is 0.167. The largest absolute Gasteiger partial charge is 0.225 e. The normalized spacial score (nSPS) is 10.4. The zero-order valence-corrected chi connectivity index (χ0v) is 4.21. The van der Waals surface area contributed by atoms with Crippen LogP contribution in [0.15, 0.2) is 30.3 Å². The van der Waals surface area contributed by atoms with E-state index in [4.69, 9.17) is 1.41 Å². The predicted molar refractivity (Wildman–Crippen MR) is 31.2 cm³/mol. The molecule has 0 unspecified atom stereocenters. The van der Waals surface area contributed by atoms with Crippen LogP contribution in [0.3, 0.4) is 0 Å². The minimum Gasteiger partial charge on any atom is -0.225 e. The lowest BCUT2D eigenvalue weighted by molar-refractivity contribution is 0.618. The van der Waals surface area contributed by atoms with E-state index in [0.717, 1.165) is 0 Å². The van der Waals surface area contributed by atoms with Crippen LogP contribution in [0.5, 0.6) is 0 Å². The Kier molecular flexibility index (Phi) is 1.12. The van der Waals surface area contributed by atoms with E-state index in [-0.39, 0.29) is 11.2 Å². The van der Waals surface area contributed by atoms with Crippen LogP contribution in [0.1, 0.15) is 0 Å². The van der Waals surface area contributed by atoms with Gasteiger partial charge < -0.3 is 0 Å². The molecule has 1 N–H and O–H groups in total. The molecule has 1 nitrogen and oxygen atoms in total. The lowest BCUT2D eigenvalue weighted by Crippen LogP contribution is -1.77. The summed E-state index contributed by atoms with van der Waals surface area (Å²) in [5.74, 6) is 0. The number of rotatable bonds is 1. The van der Waals surface area contributed by atoms with Crippen LogP contribution in [0, 0.1) is 0 Å². The molecule has 0 fully saturated rings. The van der Waals surface area contributed by atoms with Gasteiger partial charge in [-0.1, -0.05) is 18.2 Å². The molecular formula is C6H6FN. The second-order valence-corrected chi connectivity index (χ2v) is 1.42. The van der Waals surface area contributed by atoms with Gasteiger partial charge in [-0.2, -0.15) is 0 Å². The molecule has 0 aliphatic rings. The van der Waals surface area contributed by atoms with Crippen molar-refractivity contribution in [3.05, 3.63) is 30.3 Å². The Morgan fingerprint density at radius 2 is 2.00 bits per heavy atom. The SMILES string of the molecule is [3H]N(F)c1ccccc1. The van der Waals surface area contributed by atoms with Gasteiger partial charge in [0.15, 0.2) is 0 Å². The van der Waals surface area contributed by atoms with Crippen LogP contribution in [0.4, 0.5) is 10.2 Å². The number of hydrogen-bond donors (Lipinski definition) is 1. The number of benzene rings is 1. The molecule has 0 spiro atoms. The maximum atomic E-state index is 11.9. The number of anilines is 1. The van der Waals surface area contributed by atoms with Gasteiger partial charge in [-0.15, -0.1) is 4.48 Å². The molecule has 0 atom stereocenters. The van der Waals surface area contributed by atoms with Crippen molar-refractivity contribution in [3.8, 4) is 0 Å². The second kappa shape index (κ2) is 2.31. The van der Waals surface area contributed by atoms with Gasteiger partial charge in [-0.05, 0) is 12.1 Å². The Bertz CT molecular complexity index is 176. The third-order valence-electron chi connectivity index (χ3n) is 0.854. The van der Waals surface area contributed by atoms with E-state index in [1.165, 1.54) is 12.1 Å². The molecule has 0 saturated carbocycles. The van der Waals surface area contributed by atoms with Crippen LogP contribution in [0.2, 0.25) is 1.41 Å². The maximum absolute atomic E-state index is 11.9. The van der Waals surface area contributed by atoms with E-state index >= 15 is 0 Å². The molecule has 0 amide bonds. The molecule has 8 heavy (non-hydrogen) atoms. The van der Waals surface area contributed by atoms with Crippen LogP contribution in [-0.4, -0.2) is 0 Å². The Morgan fingerprint density at radius 3 is 2.38 bits per heavy atom. The first kappa shape index (κ1) is 3.89. The van der Waals surface area contributed by atoms with E-state index in [1.54, 1.807) is 18.2 Å². The van der Waals surface area contributed by atoms with Crippen molar-refractivity contribution in [1.29, 1.82) is 0 Å². The van der Waals surface area contributed by atoms with Crippen molar-refractivity contribution in [2.24, 2.45) is 0 Å². The summed E-state index contributed by atoms with van der Waals surface area (Å²) in [6, 6.07) is 8.17. The fourth-order valence-corrected chi connectivity index (χ4v) is 0.484. The highest BCUT2D eigenvalue weighted by Crippen LogP contribution is 2.03. The Labute approximate surface area is 48.5 Å².